The first-order chi connectivity index (χ1) is 9.52. The molecule has 0 fully saturated rings. The number of nitrogens with one attached hydrogen (secondary N) is 1. The van der Waals surface area contributed by atoms with Crippen LogP contribution >= 0.6 is 11.6 Å². The average molecular weight is 294 g/mol. The molecule has 0 saturated heterocycles. The minimum Gasteiger partial charge on any atom is -0.467 e. The molecule has 2 aromatic rings. The number of carbonyl (C=O) groups is 1. The highest BCUT2D eigenvalue weighted by Crippen LogP contribution is 2.24. The Bertz CT molecular complexity index is 625. The normalized spacial score (nSPS) is 12.0. The van der Waals surface area contributed by atoms with Gasteiger partial charge < -0.3 is 10.1 Å². The average Bonchev–Trinajstić information content (AvgIpc) is 2.76. The summed E-state index contributed by atoms with van der Waals surface area (Å²) in [6.45, 7) is 1.90. The number of carbonyl (C=O) groups excluding carboxylic acids is 1. The van der Waals surface area contributed by atoms with Crippen molar-refractivity contribution in [1.82, 2.24) is 9.78 Å². The van der Waals surface area contributed by atoms with Gasteiger partial charge >= 0.3 is 5.97 Å². The Balaban J connectivity index is 2.34. The minimum atomic E-state index is -0.618. The highest BCUT2D eigenvalue weighted by Gasteiger charge is 2.25. The molecule has 0 aliphatic carbocycles. The van der Waals surface area contributed by atoms with Crippen LogP contribution in [0.1, 0.15) is 17.3 Å². The molecule has 0 aliphatic heterocycles. The third kappa shape index (κ3) is 2.93. The lowest BCUT2D eigenvalue weighted by molar-refractivity contribution is -0.141. The van der Waals surface area contributed by atoms with Gasteiger partial charge in [-0.15, -0.1) is 0 Å². The smallest absolute Gasteiger partial charge is 0.333 e. The van der Waals surface area contributed by atoms with E-state index in [1.54, 1.807) is 23.0 Å². The van der Waals surface area contributed by atoms with E-state index in [4.69, 9.17) is 16.3 Å². The second kappa shape index (κ2) is 5.96. The standard InChI is InChI=1S/C14H16ClN3O2/c1-9-12(8-16-18(9)2)13(14(19)20-3)17-11-6-4-5-10(15)7-11/h4-8,13,17H,1-3H3. The quantitative estimate of drug-likeness (QED) is 0.881. The number of esters is 1. The first kappa shape index (κ1) is 14.4. The first-order valence-electron chi connectivity index (χ1n) is 6.11. The van der Waals surface area contributed by atoms with Gasteiger partial charge in [0, 0.05) is 29.0 Å². The van der Waals surface area contributed by atoms with Gasteiger partial charge in [-0.25, -0.2) is 4.79 Å². The van der Waals surface area contributed by atoms with Crippen LogP contribution in [0, 0.1) is 6.92 Å². The Morgan fingerprint density at radius 1 is 1.50 bits per heavy atom. The van der Waals surface area contributed by atoms with Crippen LogP contribution in [0.3, 0.4) is 0 Å². The van der Waals surface area contributed by atoms with Crippen molar-refractivity contribution < 1.29 is 9.53 Å². The van der Waals surface area contributed by atoms with E-state index < -0.39 is 6.04 Å². The summed E-state index contributed by atoms with van der Waals surface area (Å²) in [6.07, 6.45) is 1.66. The van der Waals surface area contributed by atoms with Gasteiger partial charge in [-0.2, -0.15) is 5.10 Å². The predicted octanol–water partition coefficient (Wildman–Crippen LogP) is 2.71. The van der Waals surface area contributed by atoms with Gasteiger partial charge in [0.25, 0.3) is 0 Å². The molecule has 1 N–H and O–H groups in total. The van der Waals surface area contributed by atoms with E-state index >= 15 is 0 Å². The van der Waals surface area contributed by atoms with Crippen LogP contribution in [0.25, 0.3) is 0 Å². The molecule has 1 heterocycles. The molecule has 106 valence electrons. The Morgan fingerprint density at radius 3 is 2.80 bits per heavy atom. The van der Waals surface area contributed by atoms with Gasteiger partial charge in [0.15, 0.2) is 6.04 Å². The number of aryl methyl sites for hydroxylation is 1. The molecular weight excluding hydrogens is 278 g/mol. The molecule has 1 unspecified atom stereocenters. The Morgan fingerprint density at radius 2 is 2.25 bits per heavy atom. The zero-order valence-corrected chi connectivity index (χ0v) is 12.3. The van der Waals surface area contributed by atoms with Crippen molar-refractivity contribution in [3.63, 3.8) is 0 Å². The predicted molar refractivity (Wildman–Crippen MR) is 77.8 cm³/mol. The maximum atomic E-state index is 12.0. The number of hydrogen-bond acceptors (Lipinski definition) is 4. The molecule has 0 aliphatic rings. The Kier molecular flexibility index (Phi) is 4.29. The number of anilines is 1. The van der Waals surface area contributed by atoms with Crippen molar-refractivity contribution in [3.05, 3.63) is 46.7 Å². The second-order valence-corrected chi connectivity index (χ2v) is 4.86. The first-order valence-corrected chi connectivity index (χ1v) is 6.49. The Hall–Kier alpha value is -2.01. The lowest BCUT2D eigenvalue weighted by atomic mass is 10.1. The fraction of sp³-hybridized carbons (Fsp3) is 0.286. The summed E-state index contributed by atoms with van der Waals surface area (Å²) in [5.74, 6) is -0.374. The van der Waals surface area contributed by atoms with Gasteiger partial charge in [0.1, 0.15) is 0 Å². The van der Waals surface area contributed by atoms with Crippen molar-refractivity contribution in [2.24, 2.45) is 7.05 Å². The molecule has 0 amide bonds. The third-order valence-corrected chi connectivity index (χ3v) is 3.39. The molecule has 2 rings (SSSR count). The maximum Gasteiger partial charge on any atom is 0.333 e. The fourth-order valence-electron chi connectivity index (χ4n) is 1.93. The number of ether oxygens (including phenoxy) is 1. The maximum absolute atomic E-state index is 12.0. The fourth-order valence-corrected chi connectivity index (χ4v) is 2.12. The summed E-state index contributed by atoms with van der Waals surface area (Å²) >= 11 is 5.95. The summed E-state index contributed by atoms with van der Waals surface area (Å²) in [5, 5.41) is 7.88. The van der Waals surface area contributed by atoms with Gasteiger partial charge in [0.05, 0.1) is 13.3 Å². The molecular formula is C14H16ClN3O2. The topological polar surface area (TPSA) is 56.1 Å². The molecule has 1 aromatic heterocycles. The van der Waals surface area contributed by atoms with E-state index in [0.29, 0.717) is 5.02 Å². The van der Waals surface area contributed by atoms with E-state index in [0.717, 1.165) is 16.9 Å². The largest absolute Gasteiger partial charge is 0.467 e. The number of methoxy groups -OCH3 is 1. The van der Waals surface area contributed by atoms with Crippen molar-refractivity contribution in [3.8, 4) is 0 Å². The molecule has 20 heavy (non-hydrogen) atoms. The number of rotatable bonds is 4. The summed E-state index contributed by atoms with van der Waals surface area (Å²) in [5.41, 5.74) is 2.42. The SMILES string of the molecule is COC(=O)C(Nc1cccc(Cl)c1)c1cnn(C)c1C. The van der Waals surface area contributed by atoms with Crippen molar-refractivity contribution >= 4 is 23.3 Å². The molecule has 0 spiro atoms. The lowest BCUT2D eigenvalue weighted by Crippen LogP contribution is -2.22. The summed E-state index contributed by atoms with van der Waals surface area (Å²) in [7, 11) is 3.19. The van der Waals surface area contributed by atoms with Crippen molar-refractivity contribution in [2.75, 3.05) is 12.4 Å². The van der Waals surface area contributed by atoms with Crippen molar-refractivity contribution in [1.29, 1.82) is 0 Å². The highest BCUT2D eigenvalue weighted by molar-refractivity contribution is 6.30. The monoisotopic (exact) mass is 293 g/mol. The summed E-state index contributed by atoms with van der Waals surface area (Å²) in [6, 6.07) is 6.56. The van der Waals surface area contributed by atoms with Crippen LogP contribution in [0.5, 0.6) is 0 Å². The van der Waals surface area contributed by atoms with E-state index in [1.807, 2.05) is 26.1 Å². The number of hydrogen-bond donors (Lipinski definition) is 1. The van der Waals surface area contributed by atoms with E-state index in [9.17, 15) is 4.79 Å². The molecule has 0 radical (unpaired) electrons. The van der Waals surface area contributed by atoms with Crippen LogP contribution in [-0.2, 0) is 16.6 Å². The van der Waals surface area contributed by atoms with Gasteiger partial charge in [0.2, 0.25) is 0 Å². The number of aromatic nitrogens is 2. The van der Waals surface area contributed by atoms with E-state index in [1.165, 1.54) is 7.11 Å². The molecule has 1 aromatic carbocycles. The van der Waals surface area contributed by atoms with E-state index in [-0.39, 0.29) is 5.97 Å². The summed E-state index contributed by atoms with van der Waals surface area (Å²) < 4.78 is 6.58. The highest BCUT2D eigenvalue weighted by atomic mass is 35.5. The van der Waals surface area contributed by atoms with Gasteiger partial charge in [-0.3, -0.25) is 4.68 Å². The second-order valence-electron chi connectivity index (χ2n) is 4.42. The van der Waals surface area contributed by atoms with E-state index in [2.05, 4.69) is 10.4 Å². The lowest BCUT2D eigenvalue weighted by Gasteiger charge is -2.17. The third-order valence-electron chi connectivity index (χ3n) is 3.16. The summed E-state index contributed by atoms with van der Waals surface area (Å²) in [4.78, 5) is 12.0. The van der Waals surface area contributed by atoms with Gasteiger partial charge in [-0.1, -0.05) is 17.7 Å². The number of benzene rings is 1. The molecule has 1 atom stereocenters. The zero-order chi connectivity index (χ0) is 14.7. The van der Waals surface area contributed by atoms with Crippen LogP contribution in [0.2, 0.25) is 5.02 Å². The van der Waals surface area contributed by atoms with Crippen LogP contribution in [0.4, 0.5) is 5.69 Å². The molecule has 0 bridgehead atoms. The Labute approximate surface area is 122 Å². The molecule has 0 saturated carbocycles. The van der Waals surface area contributed by atoms with Crippen LogP contribution < -0.4 is 5.32 Å². The van der Waals surface area contributed by atoms with Crippen LogP contribution in [-0.4, -0.2) is 22.9 Å². The van der Waals surface area contributed by atoms with Gasteiger partial charge in [-0.05, 0) is 25.1 Å². The number of halogens is 1. The van der Waals surface area contributed by atoms with Crippen LogP contribution in [0.15, 0.2) is 30.5 Å². The number of nitrogens with zero attached hydrogens (tertiary/aromatic N) is 2. The molecule has 5 nitrogen and oxygen atoms in total. The van der Waals surface area contributed by atoms with Crippen molar-refractivity contribution in [2.45, 2.75) is 13.0 Å². The minimum absolute atomic E-state index is 0.374. The zero-order valence-electron chi connectivity index (χ0n) is 11.6. The molecule has 6 heteroatoms.